The van der Waals surface area contributed by atoms with Gasteiger partial charge in [-0.15, -0.1) is 12.4 Å². The van der Waals surface area contributed by atoms with Crippen molar-refractivity contribution in [2.75, 3.05) is 26.7 Å². The Labute approximate surface area is 147 Å². The van der Waals surface area contributed by atoms with Gasteiger partial charge in [-0.1, -0.05) is 0 Å². The predicted molar refractivity (Wildman–Crippen MR) is 92.3 cm³/mol. The van der Waals surface area contributed by atoms with Crippen molar-refractivity contribution in [2.24, 2.45) is 0 Å². The average molecular weight is 352 g/mol. The molecule has 0 amide bonds. The molecule has 1 aliphatic rings. The molecule has 0 bridgehead atoms. The summed E-state index contributed by atoms with van der Waals surface area (Å²) in [5.41, 5.74) is 1.72. The van der Waals surface area contributed by atoms with Crippen LogP contribution < -0.4 is 5.32 Å². The first kappa shape index (κ1) is 18.4. The number of pyridine rings is 1. The van der Waals surface area contributed by atoms with Crippen LogP contribution in [0.4, 0.5) is 0 Å². The largest absolute Gasteiger partial charge is 0.465 e. The summed E-state index contributed by atoms with van der Waals surface area (Å²) in [7, 11) is 1.38. The lowest BCUT2D eigenvalue weighted by atomic mass is 10.0. The number of esters is 1. The summed E-state index contributed by atoms with van der Waals surface area (Å²) in [5, 5.41) is 3.43. The number of aromatic nitrogens is 1. The van der Waals surface area contributed by atoms with E-state index < -0.39 is 0 Å². The van der Waals surface area contributed by atoms with Crippen LogP contribution in [0, 0.1) is 6.92 Å². The van der Waals surface area contributed by atoms with Crippen LogP contribution >= 0.6 is 12.4 Å². The molecule has 1 unspecified atom stereocenters. The molecular weight excluding hydrogens is 330 g/mol. The fourth-order valence-corrected chi connectivity index (χ4v) is 2.98. The van der Waals surface area contributed by atoms with Gasteiger partial charge in [-0.2, -0.15) is 0 Å². The third-order valence-corrected chi connectivity index (χ3v) is 4.18. The zero-order valence-corrected chi connectivity index (χ0v) is 14.6. The number of methoxy groups -OCH3 is 1. The molecular formula is C17H22ClN3O3. The summed E-state index contributed by atoms with van der Waals surface area (Å²) in [6.45, 7) is 5.18. The number of nitrogens with zero attached hydrogens (tertiary/aromatic N) is 2. The first-order valence-corrected chi connectivity index (χ1v) is 7.71. The minimum atomic E-state index is -0.358. The highest BCUT2D eigenvalue weighted by Gasteiger charge is 2.25. The van der Waals surface area contributed by atoms with E-state index in [1.54, 1.807) is 13.0 Å². The third-order valence-electron chi connectivity index (χ3n) is 4.18. The molecule has 1 N–H and O–H groups in total. The summed E-state index contributed by atoms with van der Waals surface area (Å²) in [6.07, 6.45) is 3.63. The van der Waals surface area contributed by atoms with Crippen molar-refractivity contribution in [1.29, 1.82) is 0 Å². The lowest BCUT2D eigenvalue weighted by Crippen LogP contribution is -2.45. The summed E-state index contributed by atoms with van der Waals surface area (Å²) in [5.74, 6) is 1.02. The molecule has 0 radical (unpaired) electrons. The lowest BCUT2D eigenvalue weighted by Gasteiger charge is -2.35. The number of carbonyl (C=O) groups excluding carboxylic acids is 1. The van der Waals surface area contributed by atoms with Gasteiger partial charge in [0.25, 0.3) is 0 Å². The van der Waals surface area contributed by atoms with Gasteiger partial charge in [0.2, 0.25) is 0 Å². The number of aryl methyl sites for hydroxylation is 1. The Balaban J connectivity index is 0.00000208. The van der Waals surface area contributed by atoms with Gasteiger partial charge in [-0.25, -0.2) is 4.79 Å². The molecule has 0 aromatic carbocycles. The van der Waals surface area contributed by atoms with Crippen molar-refractivity contribution in [1.82, 2.24) is 15.2 Å². The molecule has 1 saturated heterocycles. The molecule has 0 spiro atoms. The van der Waals surface area contributed by atoms with Crippen molar-refractivity contribution < 1.29 is 13.9 Å². The Morgan fingerprint density at radius 3 is 2.92 bits per heavy atom. The van der Waals surface area contributed by atoms with Gasteiger partial charge in [-0.05, 0) is 30.7 Å². The SMILES string of the molecule is COC(=O)c1cc(CN2CCNCC2c2ccncc2)oc1C.Cl. The van der Waals surface area contributed by atoms with Crippen LogP contribution in [-0.2, 0) is 11.3 Å². The molecule has 2 aromatic rings. The Kier molecular flexibility index (Phi) is 6.36. The third kappa shape index (κ3) is 3.95. The van der Waals surface area contributed by atoms with Gasteiger partial charge in [0.1, 0.15) is 17.1 Å². The monoisotopic (exact) mass is 351 g/mol. The second kappa shape index (κ2) is 8.28. The zero-order valence-electron chi connectivity index (χ0n) is 13.8. The maximum absolute atomic E-state index is 11.7. The second-order valence-corrected chi connectivity index (χ2v) is 5.65. The van der Waals surface area contributed by atoms with Gasteiger partial charge in [-0.3, -0.25) is 9.88 Å². The Hall–Kier alpha value is -1.89. The van der Waals surface area contributed by atoms with E-state index in [1.807, 2.05) is 24.5 Å². The number of piperazine rings is 1. The fraction of sp³-hybridized carbons (Fsp3) is 0.412. The smallest absolute Gasteiger partial charge is 0.341 e. The molecule has 6 nitrogen and oxygen atoms in total. The molecule has 0 saturated carbocycles. The minimum Gasteiger partial charge on any atom is -0.465 e. The van der Waals surface area contributed by atoms with Crippen molar-refractivity contribution in [2.45, 2.75) is 19.5 Å². The molecule has 1 aliphatic heterocycles. The first-order valence-electron chi connectivity index (χ1n) is 7.71. The van der Waals surface area contributed by atoms with Crippen LogP contribution in [-0.4, -0.2) is 42.6 Å². The molecule has 2 aromatic heterocycles. The highest BCUT2D eigenvalue weighted by molar-refractivity contribution is 5.90. The average Bonchev–Trinajstić information content (AvgIpc) is 2.96. The second-order valence-electron chi connectivity index (χ2n) is 5.65. The van der Waals surface area contributed by atoms with Gasteiger partial charge < -0.3 is 14.5 Å². The zero-order chi connectivity index (χ0) is 16.2. The molecule has 24 heavy (non-hydrogen) atoms. The lowest BCUT2D eigenvalue weighted by molar-refractivity contribution is 0.0599. The molecule has 3 heterocycles. The van der Waals surface area contributed by atoms with E-state index in [0.717, 1.165) is 25.4 Å². The first-order chi connectivity index (χ1) is 11.2. The van der Waals surface area contributed by atoms with E-state index in [0.29, 0.717) is 17.9 Å². The molecule has 130 valence electrons. The number of carbonyl (C=O) groups is 1. The number of furan rings is 1. The Bertz CT molecular complexity index is 675. The highest BCUT2D eigenvalue weighted by atomic mass is 35.5. The van der Waals surface area contributed by atoms with Crippen molar-refractivity contribution in [3.05, 3.63) is 53.2 Å². The summed E-state index contributed by atoms with van der Waals surface area (Å²) in [4.78, 5) is 18.1. The van der Waals surface area contributed by atoms with E-state index in [4.69, 9.17) is 9.15 Å². The molecule has 1 atom stereocenters. The van der Waals surface area contributed by atoms with Crippen molar-refractivity contribution in [3.8, 4) is 0 Å². The van der Waals surface area contributed by atoms with Gasteiger partial charge in [0.15, 0.2) is 0 Å². The van der Waals surface area contributed by atoms with E-state index in [2.05, 4.69) is 15.2 Å². The number of halogens is 1. The quantitative estimate of drug-likeness (QED) is 0.853. The van der Waals surface area contributed by atoms with Crippen LogP contribution in [0.5, 0.6) is 0 Å². The predicted octanol–water partition coefficient (Wildman–Crippen LogP) is 2.34. The number of hydrogen-bond donors (Lipinski definition) is 1. The van der Waals surface area contributed by atoms with Crippen LogP contribution in [0.15, 0.2) is 35.0 Å². The Morgan fingerprint density at radius 1 is 1.46 bits per heavy atom. The standard InChI is InChI=1S/C17H21N3O3.ClH/c1-12-15(17(21)22-2)9-14(23-12)11-20-8-7-19-10-16(20)13-3-5-18-6-4-13;/h3-6,9,16,19H,7-8,10-11H2,1-2H3;1H. The number of hydrogen-bond acceptors (Lipinski definition) is 6. The van der Waals surface area contributed by atoms with Gasteiger partial charge in [0, 0.05) is 38.1 Å². The molecule has 0 aliphatic carbocycles. The molecule has 3 rings (SSSR count). The van der Waals surface area contributed by atoms with Crippen LogP contribution in [0.2, 0.25) is 0 Å². The normalized spacial score (nSPS) is 18.0. The molecule has 1 fully saturated rings. The Morgan fingerprint density at radius 2 is 2.21 bits per heavy atom. The number of nitrogens with one attached hydrogen (secondary N) is 1. The van der Waals surface area contributed by atoms with Crippen molar-refractivity contribution in [3.63, 3.8) is 0 Å². The summed E-state index contributed by atoms with van der Waals surface area (Å²) >= 11 is 0. The maximum Gasteiger partial charge on any atom is 0.341 e. The van der Waals surface area contributed by atoms with Gasteiger partial charge in [0.05, 0.1) is 13.7 Å². The van der Waals surface area contributed by atoms with Crippen LogP contribution in [0.1, 0.15) is 33.5 Å². The van der Waals surface area contributed by atoms with E-state index >= 15 is 0 Å². The number of rotatable bonds is 4. The number of ether oxygens (including phenoxy) is 1. The van der Waals surface area contributed by atoms with E-state index in [1.165, 1.54) is 12.7 Å². The topological polar surface area (TPSA) is 67.6 Å². The summed E-state index contributed by atoms with van der Waals surface area (Å²) in [6, 6.07) is 6.13. The minimum absolute atomic E-state index is 0. The highest BCUT2D eigenvalue weighted by Crippen LogP contribution is 2.25. The maximum atomic E-state index is 11.7. The van der Waals surface area contributed by atoms with Gasteiger partial charge >= 0.3 is 5.97 Å². The van der Waals surface area contributed by atoms with Crippen molar-refractivity contribution >= 4 is 18.4 Å². The van der Waals surface area contributed by atoms with Crippen LogP contribution in [0.25, 0.3) is 0 Å². The van der Waals surface area contributed by atoms with Crippen LogP contribution in [0.3, 0.4) is 0 Å². The van der Waals surface area contributed by atoms with E-state index in [9.17, 15) is 4.79 Å². The fourth-order valence-electron chi connectivity index (χ4n) is 2.98. The molecule has 7 heteroatoms. The van der Waals surface area contributed by atoms with E-state index in [-0.39, 0.29) is 24.4 Å². The summed E-state index contributed by atoms with van der Waals surface area (Å²) < 4.78 is 10.5.